The molecule has 1 unspecified atom stereocenters. The van der Waals surface area contributed by atoms with Crippen LogP contribution in [-0.2, 0) is 34.7 Å². The second-order valence-corrected chi connectivity index (χ2v) is 11.9. The molecule has 0 bridgehead atoms. The lowest BCUT2D eigenvalue weighted by Gasteiger charge is -2.29. The minimum atomic E-state index is -3.75. The third kappa shape index (κ3) is 6.06. The Morgan fingerprint density at radius 1 is 0.868 bits per heavy atom. The van der Waals surface area contributed by atoms with Crippen LogP contribution in [0.3, 0.4) is 0 Å². The first-order chi connectivity index (χ1) is 17.8. The fourth-order valence-corrected chi connectivity index (χ4v) is 5.07. The summed E-state index contributed by atoms with van der Waals surface area (Å²) in [5.74, 6) is -1.63. The maximum Gasteiger partial charge on any atom is 0.331 e. The molecule has 3 aromatic carbocycles. The molecule has 0 aromatic heterocycles. The minimum Gasteiger partial charge on any atom is -0.463 e. The highest BCUT2D eigenvalue weighted by Gasteiger charge is 2.42. The van der Waals surface area contributed by atoms with Crippen molar-refractivity contribution < 1.29 is 31.7 Å². The lowest BCUT2D eigenvalue weighted by atomic mass is 9.87. The molecule has 1 atom stereocenters. The van der Waals surface area contributed by atoms with Crippen LogP contribution in [0.25, 0.3) is 11.1 Å². The number of esters is 2. The topological polar surface area (TPSA) is 122 Å². The molecular formula is C29H31NO7S. The first-order valence-electron chi connectivity index (χ1n) is 12.1. The quantitative estimate of drug-likeness (QED) is 0.334. The Bertz CT molecular complexity index is 1410. The summed E-state index contributed by atoms with van der Waals surface area (Å²) in [6.07, 6.45) is 0.445. The highest BCUT2D eigenvalue weighted by molar-refractivity contribution is 7.86. The van der Waals surface area contributed by atoms with Crippen molar-refractivity contribution in [2.45, 2.75) is 44.2 Å². The zero-order valence-electron chi connectivity index (χ0n) is 21.8. The van der Waals surface area contributed by atoms with E-state index in [2.05, 4.69) is 0 Å². The number of hydrogen-bond acceptors (Lipinski definition) is 8. The van der Waals surface area contributed by atoms with E-state index in [9.17, 15) is 18.0 Å². The van der Waals surface area contributed by atoms with Gasteiger partial charge in [0.2, 0.25) is 0 Å². The van der Waals surface area contributed by atoms with Gasteiger partial charge in [0.1, 0.15) is 18.0 Å². The summed E-state index contributed by atoms with van der Waals surface area (Å²) in [6.45, 7) is 5.17. The van der Waals surface area contributed by atoms with Gasteiger partial charge in [0.15, 0.2) is 5.54 Å². The summed E-state index contributed by atoms with van der Waals surface area (Å²) in [6, 6.07) is 21.5. The monoisotopic (exact) mass is 537 g/mol. The third-order valence-corrected chi connectivity index (χ3v) is 6.66. The second kappa shape index (κ2) is 10.2. The fraction of sp³-hybridized carbons (Fsp3) is 0.310. The zero-order valence-corrected chi connectivity index (χ0v) is 22.6. The van der Waals surface area contributed by atoms with Crippen LogP contribution in [-0.4, -0.2) is 38.8 Å². The van der Waals surface area contributed by atoms with E-state index < -0.39 is 39.6 Å². The van der Waals surface area contributed by atoms with Crippen LogP contribution in [0.4, 0.5) is 0 Å². The molecule has 0 saturated heterocycles. The highest BCUT2D eigenvalue weighted by atomic mass is 32.2. The van der Waals surface area contributed by atoms with Crippen LogP contribution in [0, 0.1) is 0 Å². The van der Waals surface area contributed by atoms with Crippen molar-refractivity contribution in [3.05, 3.63) is 89.5 Å². The molecule has 3 aromatic rings. The molecule has 1 aliphatic rings. The van der Waals surface area contributed by atoms with E-state index in [4.69, 9.17) is 19.4 Å². The van der Waals surface area contributed by atoms with Crippen LogP contribution >= 0.6 is 0 Å². The smallest absolute Gasteiger partial charge is 0.331 e. The van der Waals surface area contributed by atoms with Gasteiger partial charge in [-0.3, -0.25) is 4.79 Å². The van der Waals surface area contributed by atoms with Gasteiger partial charge < -0.3 is 19.4 Å². The van der Waals surface area contributed by atoms with Crippen LogP contribution in [0.5, 0.6) is 5.75 Å². The fourth-order valence-electron chi connectivity index (χ4n) is 4.61. The minimum absolute atomic E-state index is 0.0232. The van der Waals surface area contributed by atoms with E-state index >= 15 is 0 Å². The maximum absolute atomic E-state index is 13.6. The molecule has 200 valence electrons. The van der Waals surface area contributed by atoms with Crippen LogP contribution in [0.1, 0.15) is 49.8 Å². The van der Waals surface area contributed by atoms with Crippen molar-refractivity contribution >= 4 is 22.1 Å². The Morgan fingerprint density at radius 3 is 1.89 bits per heavy atom. The molecule has 0 amide bonds. The van der Waals surface area contributed by atoms with Gasteiger partial charge in [0.05, 0.1) is 12.7 Å². The molecular weight excluding hydrogens is 506 g/mol. The summed E-state index contributed by atoms with van der Waals surface area (Å²) in [5.41, 5.74) is 8.42. The van der Waals surface area contributed by atoms with Gasteiger partial charge in [-0.25, -0.2) is 4.79 Å². The van der Waals surface area contributed by atoms with Crippen molar-refractivity contribution in [1.82, 2.24) is 0 Å². The number of nitrogens with two attached hydrogens (primary N) is 1. The maximum atomic E-state index is 13.6. The van der Waals surface area contributed by atoms with Crippen molar-refractivity contribution in [2.75, 3.05) is 12.9 Å². The average molecular weight is 538 g/mol. The van der Waals surface area contributed by atoms with Gasteiger partial charge in [0, 0.05) is 5.92 Å². The van der Waals surface area contributed by atoms with Gasteiger partial charge >= 0.3 is 22.1 Å². The van der Waals surface area contributed by atoms with E-state index in [-0.39, 0.29) is 23.8 Å². The van der Waals surface area contributed by atoms with Crippen molar-refractivity contribution in [1.29, 1.82) is 0 Å². The molecule has 2 N–H and O–H groups in total. The molecule has 0 fully saturated rings. The van der Waals surface area contributed by atoms with Gasteiger partial charge in [-0.1, -0.05) is 60.7 Å². The number of ether oxygens (including phenoxy) is 2. The Hall–Kier alpha value is -3.69. The summed E-state index contributed by atoms with van der Waals surface area (Å²) >= 11 is 0. The number of fused-ring (bicyclic) bond motifs is 3. The Morgan fingerprint density at radius 2 is 1.39 bits per heavy atom. The number of benzene rings is 3. The first kappa shape index (κ1) is 27.3. The number of carbonyl (C=O) groups is 2. The highest BCUT2D eigenvalue weighted by Crippen LogP contribution is 2.44. The Balaban J connectivity index is 1.61. The van der Waals surface area contributed by atoms with Gasteiger partial charge in [-0.15, -0.1) is 0 Å². The number of carbonyl (C=O) groups excluding carboxylic acids is 2. The van der Waals surface area contributed by atoms with E-state index in [1.807, 2.05) is 48.5 Å². The molecule has 0 aliphatic heterocycles. The SMILES string of the molecule is CC(C)(C)OC(=O)CC(N)(C(=O)OCC1c2ccccc2-c2ccccc21)c1ccc(OS(C)(=O)=O)cc1. The lowest BCUT2D eigenvalue weighted by molar-refractivity contribution is -0.163. The Kier molecular flexibility index (Phi) is 7.36. The number of hydrogen-bond donors (Lipinski definition) is 1. The molecule has 9 heteroatoms. The van der Waals surface area contributed by atoms with Crippen LogP contribution in [0.2, 0.25) is 0 Å². The number of rotatable bonds is 8. The summed E-state index contributed by atoms with van der Waals surface area (Å²) in [7, 11) is -3.75. The molecule has 0 saturated carbocycles. The molecule has 38 heavy (non-hydrogen) atoms. The van der Waals surface area contributed by atoms with Gasteiger partial charge in [-0.2, -0.15) is 8.42 Å². The Labute approximate surface area is 222 Å². The van der Waals surface area contributed by atoms with Crippen LogP contribution in [0.15, 0.2) is 72.8 Å². The van der Waals surface area contributed by atoms with Gasteiger partial charge in [-0.05, 0) is 60.7 Å². The third-order valence-electron chi connectivity index (χ3n) is 6.17. The summed E-state index contributed by atoms with van der Waals surface area (Å²) < 4.78 is 39.1. The average Bonchev–Trinajstić information content (AvgIpc) is 3.14. The van der Waals surface area contributed by atoms with Crippen molar-refractivity contribution in [2.24, 2.45) is 5.73 Å². The lowest BCUT2D eigenvalue weighted by Crippen LogP contribution is -2.49. The predicted molar refractivity (Wildman–Crippen MR) is 143 cm³/mol. The molecule has 0 radical (unpaired) electrons. The molecule has 4 rings (SSSR count). The first-order valence-corrected chi connectivity index (χ1v) is 13.9. The molecule has 1 aliphatic carbocycles. The van der Waals surface area contributed by atoms with E-state index in [0.29, 0.717) is 0 Å². The zero-order chi connectivity index (χ0) is 27.7. The van der Waals surface area contributed by atoms with Gasteiger partial charge in [0.25, 0.3) is 0 Å². The van der Waals surface area contributed by atoms with Crippen LogP contribution < -0.4 is 9.92 Å². The predicted octanol–water partition coefficient (Wildman–Crippen LogP) is 4.27. The summed E-state index contributed by atoms with van der Waals surface area (Å²) in [4.78, 5) is 26.4. The van der Waals surface area contributed by atoms with Crippen molar-refractivity contribution in [3.8, 4) is 16.9 Å². The van der Waals surface area contributed by atoms with Crippen molar-refractivity contribution in [3.63, 3.8) is 0 Å². The standard InChI is InChI=1S/C29H31NO7S/c1-28(2,3)36-26(31)17-29(30,19-13-15-20(16-14-19)37-38(4,33)34)27(32)35-18-25-23-11-7-5-9-21(23)22-10-6-8-12-24(22)25/h5-16,25H,17-18,30H2,1-4H3. The normalized spacial score (nSPS) is 14.7. The van der Waals surface area contributed by atoms with E-state index in [1.165, 1.54) is 24.3 Å². The molecule has 0 spiro atoms. The second-order valence-electron chi connectivity index (χ2n) is 10.4. The van der Waals surface area contributed by atoms with E-state index in [0.717, 1.165) is 28.5 Å². The summed E-state index contributed by atoms with van der Waals surface area (Å²) in [5, 5.41) is 0. The molecule has 0 heterocycles. The largest absolute Gasteiger partial charge is 0.463 e. The van der Waals surface area contributed by atoms with E-state index in [1.54, 1.807) is 20.8 Å². The molecule has 8 nitrogen and oxygen atoms in total.